The molecule has 1 N–H and O–H groups in total. The van der Waals surface area contributed by atoms with Crippen molar-refractivity contribution in [3.8, 4) is 0 Å². The second kappa shape index (κ2) is 6.77. The molecule has 1 aromatic carbocycles. The molecule has 106 valence electrons. The van der Waals surface area contributed by atoms with Gasteiger partial charge >= 0.3 is 0 Å². The molecular weight excluding hydrogens is 314 g/mol. The van der Waals surface area contributed by atoms with Gasteiger partial charge in [-0.2, -0.15) is 0 Å². The second-order valence-electron chi connectivity index (χ2n) is 5.00. The molecule has 0 bridgehead atoms. The lowest BCUT2D eigenvalue weighted by atomic mass is 10.1. The highest BCUT2D eigenvalue weighted by Gasteiger charge is 2.21. The van der Waals surface area contributed by atoms with Crippen molar-refractivity contribution in [2.75, 3.05) is 26.2 Å². The molecule has 5 heteroatoms. The van der Waals surface area contributed by atoms with Crippen molar-refractivity contribution >= 4 is 15.9 Å². The maximum atomic E-state index is 13.7. The van der Waals surface area contributed by atoms with E-state index in [9.17, 15) is 8.78 Å². The maximum absolute atomic E-state index is 13.7. The normalized spacial score (nSPS) is 20.1. The van der Waals surface area contributed by atoms with Crippen molar-refractivity contribution in [1.29, 1.82) is 0 Å². The molecule has 2 nitrogen and oxygen atoms in total. The number of nitrogens with one attached hydrogen (secondary N) is 1. The summed E-state index contributed by atoms with van der Waals surface area (Å²) < 4.78 is 27.6. The third-order valence-corrected chi connectivity index (χ3v) is 4.30. The summed E-state index contributed by atoms with van der Waals surface area (Å²) >= 11 is 3.08. The van der Waals surface area contributed by atoms with Crippen LogP contribution in [0.3, 0.4) is 0 Å². The van der Waals surface area contributed by atoms with Crippen LogP contribution in [0.5, 0.6) is 0 Å². The van der Waals surface area contributed by atoms with E-state index in [1.807, 2.05) is 0 Å². The molecule has 0 radical (unpaired) electrons. The third kappa shape index (κ3) is 3.74. The van der Waals surface area contributed by atoms with Gasteiger partial charge in [-0.1, -0.05) is 6.92 Å². The number of rotatable bonds is 5. The van der Waals surface area contributed by atoms with Crippen LogP contribution in [0.2, 0.25) is 0 Å². The van der Waals surface area contributed by atoms with Gasteiger partial charge in [0.2, 0.25) is 0 Å². The van der Waals surface area contributed by atoms with Crippen molar-refractivity contribution in [2.24, 2.45) is 5.92 Å². The van der Waals surface area contributed by atoms with Crippen LogP contribution in [0.15, 0.2) is 16.6 Å². The minimum Gasteiger partial charge on any atom is -0.312 e. The van der Waals surface area contributed by atoms with Crippen molar-refractivity contribution < 1.29 is 8.78 Å². The summed E-state index contributed by atoms with van der Waals surface area (Å²) in [5.74, 6) is -0.415. The molecule has 1 aliphatic heterocycles. The van der Waals surface area contributed by atoms with Crippen molar-refractivity contribution in [2.45, 2.75) is 19.9 Å². The van der Waals surface area contributed by atoms with Gasteiger partial charge in [0.1, 0.15) is 11.6 Å². The quantitative estimate of drug-likeness (QED) is 0.833. The number of hydrogen-bond acceptors (Lipinski definition) is 2. The number of nitrogens with zero attached hydrogens (tertiary/aromatic N) is 1. The van der Waals surface area contributed by atoms with Gasteiger partial charge in [-0.15, -0.1) is 0 Å². The van der Waals surface area contributed by atoms with E-state index in [1.165, 1.54) is 12.1 Å². The van der Waals surface area contributed by atoms with Crippen molar-refractivity contribution in [3.05, 3.63) is 33.8 Å². The number of benzene rings is 1. The van der Waals surface area contributed by atoms with Gasteiger partial charge in [-0.25, -0.2) is 8.78 Å². The van der Waals surface area contributed by atoms with Crippen LogP contribution in [-0.2, 0) is 6.54 Å². The number of hydrogen-bond donors (Lipinski definition) is 1. The smallest absolute Gasteiger partial charge is 0.144 e. The monoisotopic (exact) mass is 332 g/mol. The van der Waals surface area contributed by atoms with E-state index in [-0.39, 0.29) is 12.1 Å². The summed E-state index contributed by atoms with van der Waals surface area (Å²) in [5.41, 5.74) is 0.111. The SMILES string of the molecule is CCN1CCC(CNCc2c(F)ccc(Br)c2F)C1. The lowest BCUT2D eigenvalue weighted by Gasteiger charge is -2.14. The summed E-state index contributed by atoms with van der Waals surface area (Å²) in [7, 11) is 0. The molecule has 1 aromatic rings. The topological polar surface area (TPSA) is 15.3 Å². The molecule has 2 rings (SSSR count). The molecule has 0 aromatic heterocycles. The first-order valence-electron chi connectivity index (χ1n) is 6.67. The maximum Gasteiger partial charge on any atom is 0.144 e. The Balaban J connectivity index is 1.85. The van der Waals surface area contributed by atoms with E-state index in [1.54, 1.807) is 0 Å². The Hall–Kier alpha value is -0.520. The fraction of sp³-hybridized carbons (Fsp3) is 0.571. The van der Waals surface area contributed by atoms with Crippen LogP contribution < -0.4 is 5.32 Å². The van der Waals surface area contributed by atoms with Crippen LogP contribution >= 0.6 is 15.9 Å². The Labute approximate surface area is 121 Å². The van der Waals surface area contributed by atoms with Crippen LogP contribution in [0.4, 0.5) is 8.78 Å². The Morgan fingerprint density at radius 2 is 2.21 bits per heavy atom. The molecule has 1 saturated heterocycles. The van der Waals surface area contributed by atoms with E-state index >= 15 is 0 Å². The minimum absolute atomic E-state index is 0.111. The van der Waals surface area contributed by atoms with Gasteiger partial charge < -0.3 is 10.2 Å². The van der Waals surface area contributed by atoms with E-state index in [4.69, 9.17) is 0 Å². The predicted octanol–water partition coefficient (Wildman–Crippen LogP) is 3.16. The molecule has 0 aliphatic carbocycles. The van der Waals surface area contributed by atoms with Gasteiger partial charge in [0.15, 0.2) is 0 Å². The molecule has 1 unspecified atom stereocenters. The molecule has 1 fully saturated rings. The fourth-order valence-electron chi connectivity index (χ4n) is 2.50. The highest BCUT2D eigenvalue weighted by molar-refractivity contribution is 9.10. The Kier molecular flexibility index (Phi) is 5.30. The van der Waals surface area contributed by atoms with E-state index in [2.05, 4.69) is 33.1 Å². The second-order valence-corrected chi connectivity index (χ2v) is 5.85. The first kappa shape index (κ1) is 14.9. The Morgan fingerprint density at radius 1 is 1.42 bits per heavy atom. The van der Waals surface area contributed by atoms with Crippen LogP contribution in [0.1, 0.15) is 18.9 Å². The van der Waals surface area contributed by atoms with Crippen LogP contribution in [-0.4, -0.2) is 31.1 Å². The van der Waals surface area contributed by atoms with Crippen LogP contribution in [0.25, 0.3) is 0 Å². The molecule has 1 aliphatic rings. The van der Waals surface area contributed by atoms with Gasteiger partial charge in [0.25, 0.3) is 0 Å². The van der Waals surface area contributed by atoms with E-state index < -0.39 is 11.6 Å². The summed E-state index contributed by atoms with van der Waals surface area (Å²) in [6.45, 7) is 6.48. The van der Waals surface area contributed by atoms with Crippen LogP contribution in [0, 0.1) is 17.6 Å². The Morgan fingerprint density at radius 3 is 2.89 bits per heavy atom. The first-order valence-corrected chi connectivity index (χ1v) is 7.46. The average Bonchev–Trinajstić information content (AvgIpc) is 2.86. The summed E-state index contributed by atoms with van der Waals surface area (Å²) in [5, 5.41) is 3.17. The standard InChI is InChI=1S/C14H19BrF2N2/c1-2-19-6-5-10(9-19)7-18-8-11-13(16)4-3-12(15)14(11)17/h3-4,10,18H,2,5-9H2,1H3. The number of halogens is 3. The molecule has 1 heterocycles. The minimum atomic E-state index is -0.505. The summed E-state index contributed by atoms with van der Waals surface area (Å²) in [4.78, 5) is 2.40. The fourth-order valence-corrected chi connectivity index (χ4v) is 2.87. The first-order chi connectivity index (χ1) is 9.11. The zero-order valence-corrected chi connectivity index (χ0v) is 12.6. The van der Waals surface area contributed by atoms with Crippen molar-refractivity contribution in [1.82, 2.24) is 10.2 Å². The lowest BCUT2D eigenvalue weighted by molar-refractivity contribution is 0.338. The molecule has 0 amide bonds. The molecule has 19 heavy (non-hydrogen) atoms. The van der Waals surface area contributed by atoms with Gasteiger partial charge in [-0.3, -0.25) is 0 Å². The zero-order chi connectivity index (χ0) is 13.8. The number of likely N-dealkylation sites (tertiary alicyclic amines) is 1. The predicted molar refractivity (Wildman–Crippen MR) is 76.0 cm³/mol. The van der Waals surface area contributed by atoms with E-state index in [0.29, 0.717) is 10.4 Å². The molecule has 1 atom stereocenters. The van der Waals surface area contributed by atoms with Gasteiger partial charge in [0.05, 0.1) is 4.47 Å². The highest BCUT2D eigenvalue weighted by Crippen LogP contribution is 2.21. The third-order valence-electron chi connectivity index (χ3n) is 3.69. The molecular formula is C14H19BrF2N2. The molecule has 0 saturated carbocycles. The van der Waals surface area contributed by atoms with Gasteiger partial charge in [0, 0.05) is 18.7 Å². The van der Waals surface area contributed by atoms with E-state index in [0.717, 1.165) is 32.6 Å². The highest BCUT2D eigenvalue weighted by atomic mass is 79.9. The van der Waals surface area contributed by atoms with Crippen molar-refractivity contribution in [3.63, 3.8) is 0 Å². The lowest BCUT2D eigenvalue weighted by Crippen LogP contribution is -2.26. The zero-order valence-electron chi connectivity index (χ0n) is 11.1. The largest absolute Gasteiger partial charge is 0.312 e. The van der Waals surface area contributed by atoms with Gasteiger partial charge in [-0.05, 0) is 60.0 Å². The average molecular weight is 333 g/mol. The summed E-state index contributed by atoms with van der Waals surface area (Å²) in [6.07, 6.45) is 1.16. The molecule has 0 spiro atoms. The summed E-state index contributed by atoms with van der Waals surface area (Å²) in [6, 6.07) is 2.68. The Bertz CT molecular complexity index is 440.